The highest BCUT2D eigenvalue weighted by atomic mass is 19.4. The highest BCUT2D eigenvalue weighted by molar-refractivity contribution is 6.04. The molecule has 13 heteroatoms. The molecule has 2 amide bonds. The Hall–Kier alpha value is -4.65. The Balaban J connectivity index is 1.40. The third kappa shape index (κ3) is 6.30. The number of carbonyl (C=O) groups is 2. The molecular weight excluding hydrogens is 553 g/mol. The number of carbonyl (C=O) groups excluding carboxylic acids is 2. The van der Waals surface area contributed by atoms with E-state index in [1.54, 1.807) is 45.6 Å². The second-order valence-corrected chi connectivity index (χ2v) is 10.1. The lowest BCUT2D eigenvalue weighted by Gasteiger charge is -2.19. The van der Waals surface area contributed by atoms with E-state index < -0.39 is 24.9 Å². The molecule has 2 N–H and O–H groups in total. The predicted octanol–water partition coefficient (Wildman–Crippen LogP) is 5.19. The van der Waals surface area contributed by atoms with Gasteiger partial charge in [-0.15, -0.1) is 0 Å². The van der Waals surface area contributed by atoms with Crippen LogP contribution in [0.4, 0.5) is 23.7 Å². The second kappa shape index (κ2) is 11.7. The fourth-order valence-corrected chi connectivity index (χ4v) is 4.94. The number of hydrogen-bond donors (Lipinski definition) is 2. The number of amides is 2. The molecule has 10 nitrogen and oxygen atoms in total. The summed E-state index contributed by atoms with van der Waals surface area (Å²) in [5, 5.41) is 10.7. The summed E-state index contributed by atoms with van der Waals surface area (Å²) in [5.41, 5.74) is 3.80. The number of nitrogens with zero attached hydrogens (tertiary/aromatic N) is 4. The number of hydrogen-bond acceptors (Lipinski definition) is 7. The summed E-state index contributed by atoms with van der Waals surface area (Å²) in [6.07, 6.45) is -3.93. The average Bonchev–Trinajstić information content (AvgIpc) is 3.57. The molecule has 0 radical (unpaired) electrons. The van der Waals surface area contributed by atoms with Crippen molar-refractivity contribution in [1.29, 1.82) is 0 Å². The zero-order chi connectivity index (χ0) is 30.0. The Morgan fingerprint density at radius 3 is 2.67 bits per heavy atom. The number of rotatable bonds is 7. The average molecular weight is 583 g/mol. The number of nitrogens with one attached hydrogen (secondary N) is 2. The van der Waals surface area contributed by atoms with Gasteiger partial charge in [-0.3, -0.25) is 20.1 Å². The summed E-state index contributed by atoms with van der Waals surface area (Å²) >= 11 is 0. The van der Waals surface area contributed by atoms with E-state index in [0.717, 1.165) is 10.9 Å². The van der Waals surface area contributed by atoms with Crippen molar-refractivity contribution >= 4 is 28.7 Å². The lowest BCUT2D eigenvalue weighted by molar-refractivity contribution is -0.144. The largest absolute Gasteiger partial charge is 0.496 e. The summed E-state index contributed by atoms with van der Waals surface area (Å²) in [7, 11) is 4.76. The number of para-hydroxylation sites is 1. The Morgan fingerprint density at radius 2 is 1.93 bits per heavy atom. The fraction of sp³-hybridized carbons (Fsp3) is 0.310. The van der Waals surface area contributed by atoms with E-state index in [4.69, 9.17) is 9.47 Å². The van der Waals surface area contributed by atoms with E-state index in [0.29, 0.717) is 28.2 Å². The van der Waals surface area contributed by atoms with Gasteiger partial charge in [-0.25, -0.2) is 9.78 Å². The number of pyridine rings is 1. The topological polar surface area (TPSA) is 113 Å². The fourth-order valence-electron chi connectivity index (χ4n) is 4.94. The van der Waals surface area contributed by atoms with Crippen molar-refractivity contribution in [3.05, 3.63) is 60.3 Å². The number of anilines is 1. The molecule has 0 spiro atoms. The van der Waals surface area contributed by atoms with Gasteiger partial charge < -0.3 is 14.4 Å². The van der Waals surface area contributed by atoms with Crippen molar-refractivity contribution < 1.29 is 32.2 Å². The van der Waals surface area contributed by atoms with Gasteiger partial charge in [0.05, 0.1) is 24.9 Å². The lowest BCUT2D eigenvalue weighted by Crippen LogP contribution is -2.34. The number of H-pyrrole nitrogens is 1. The first kappa shape index (κ1) is 28.9. The SMILES string of the molecule is COc1ccccc1-c1n[nH]c2ncc(-c3ccc(NC(=O)OC4CCN(CC(F)(F)F)C4)c(C(=O)N(C)C)c3)cc12. The molecule has 1 atom stereocenters. The molecule has 4 aromatic rings. The Kier molecular flexibility index (Phi) is 8.03. The molecule has 1 aliphatic rings. The van der Waals surface area contributed by atoms with E-state index >= 15 is 0 Å². The number of aromatic nitrogens is 3. The second-order valence-electron chi connectivity index (χ2n) is 10.1. The Morgan fingerprint density at radius 1 is 1.14 bits per heavy atom. The number of halogens is 3. The third-order valence-electron chi connectivity index (χ3n) is 6.91. The first-order valence-corrected chi connectivity index (χ1v) is 13.1. The number of alkyl halides is 3. The van der Waals surface area contributed by atoms with Crippen LogP contribution < -0.4 is 10.1 Å². The van der Waals surface area contributed by atoms with Crippen LogP contribution in [-0.2, 0) is 4.74 Å². The van der Waals surface area contributed by atoms with Gasteiger partial charge in [0.1, 0.15) is 17.5 Å². The molecule has 5 rings (SSSR count). The molecule has 0 saturated carbocycles. The summed E-state index contributed by atoms with van der Waals surface area (Å²) in [6, 6.07) is 14.4. The minimum absolute atomic E-state index is 0.0182. The summed E-state index contributed by atoms with van der Waals surface area (Å²) < 4.78 is 49.0. The van der Waals surface area contributed by atoms with Crippen LogP contribution >= 0.6 is 0 Å². The van der Waals surface area contributed by atoms with Gasteiger partial charge in [-0.1, -0.05) is 18.2 Å². The van der Waals surface area contributed by atoms with E-state index in [1.165, 1.54) is 9.80 Å². The maximum absolute atomic E-state index is 13.1. The van der Waals surface area contributed by atoms with E-state index in [9.17, 15) is 22.8 Å². The van der Waals surface area contributed by atoms with E-state index in [1.807, 2.05) is 30.3 Å². The number of likely N-dealkylation sites (tertiary alicyclic amines) is 1. The lowest BCUT2D eigenvalue weighted by atomic mass is 10.0. The molecule has 2 aromatic heterocycles. The van der Waals surface area contributed by atoms with Crippen LogP contribution in [0.15, 0.2) is 54.7 Å². The maximum atomic E-state index is 13.1. The third-order valence-corrected chi connectivity index (χ3v) is 6.91. The number of benzene rings is 2. The van der Waals surface area contributed by atoms with E-state index in [-0.39, 0.29) is 36.7 Å². The molecule has 3 heterocycles. The minimum Gasteiger partial charge on any atom is -0.496 e. The molecule has 42 heavy (non-hydrogen) atoms. The molecule has 0 bridgehead atoms. The van der Waals surface area contributed by atoms with Crippen molar-refractivity contribution in [3.8, 4) is 28.1 Å². The van der Waals surface area contributed by atoms with Crippen LogP contribution in [-0.4, -0.2) is 90.1 Å². The maximum Gasteiger partial charge on any atom is 0.411 e. The first-order chi connectivity index (χ1) is 20.0. The smallest absolute Gasteiger partial charge is 0.411 e. The number of methoxy groups -OCH3 is 1. The van der Waals surface area contributed by atoms with Crippen LogP contribution in [0.1, 0.15) is 16.8 Å². The zero-order valence-corrected chi connectivity index (χ0v) is 23.2. The minimum atomic E-state index is -4.33. The Labute approximate surface area is 239 Å². The van der Waals surface area contributed by atoms with Gasteiger partial charge in [-0.05, 0) is 42.3 Å². The van der Waals surface area contributed by atoms with Gasteiger partial charge in [0, 0.05) is 49.9 Å². The van der Waals surface area contributed by atoms with Gasteiger partial charge in [0.25, 0.3) is 5.91 Å². The number of fused-ring (bicyclic) bond motifs is 1. The molecule has 1 fully saturated rings. The predicted molar refractivity (Wildman–Crippen MR) is 150 cm³/mol. The molecular formula is C29H29F3N6O4. The van der Waals surface area contributed by atoms with Crippen molar-refractivity contribution in [2.75, 3.05) is 46.2 Å². The van der Waals surface area contributed by atoms with Crippen LogP contribution in [0.25, 0.3) is 33.4 Å². The van der Waals surface area contributed by atoms with Crippen molar-refractivity contribution in [2.24, 2.45) is 0 Å². The van der Waals surface area contributed by atoms with Crippen LogP contribution in [0.2, 0.25) is 0 Å². The van der Waals surface area contributed by atoms with Crippen LogP contribution in [0.5, 0.6) is 5.75 Å². The van der Waals surface area contributed by atoms with Gasteiger partial charge >= 0.3 is 12.3 Å². The van der Waals surface area contributed by atoms with E-state index in [2.05, 4.69) is 20.5 Å². The highest BCUT2D eigenvalue weighted by Gasteiger charge is 2.35. The standard InChI is InChI=1S/C29H29F3N6O4/c1-37(2)27(39)21-12-17(8-9-23(21)34-28(40)42-19-10-11-38(15-19)16-29(30,31)32)18-13-22-25(35-36-26(22)33-14-18)20-6-4-5-7-24(20)41-3/h4-9,12-14,19H,10-11,15-16H2,1-3H3,(H,34,40)(H,33,35,36). The first-order valence-electron chi connectivity index (χ1n) is 13.1. The number of ether oxygens (including phenoxy) is 2. The van der Waals surface area contributed by atoms with Crippen molar-refractivity contribution in [1.82, 2.24) is 25.0 Å². The normalized spacial score (nSPS) is 15.5. The zero-order valence-electron chi connectivity index (χ0n) is 23.2. The summed E-state index contributed by atoms with van der Waals surface area (Å²) in [5.74, 6) is 0.291. The highest BCUT2D eigenvalue weighted by Crippen LogP contribution is 2.35. The van der Waals surface area contributed by atoms with Gasteiger partial charge in [-0.2, -0.15) is 18.3 Å². The van der Waals surface area contributed by atoms with Crippen LogP contribution in [0.3, 0.4) is 0 Å². The van der Waals surface area contributed by atoms with Gasteiger partial charge in [0.2, 0.25) is 0 Å². The molecule has 220 valence electrons. The Bertz CT molecular complexity index is 1620. The van der Waals surface area contributed by atoms with Gasteiger partial charge in [0.15, 0.2) is 5.65 Å². The molecule has 2 aromatic carbocycles. The van der Waals surface area contributed by atoms with Crippen molar-refractivity contribution in [3.63, 3.8) is 0 Å². The van der Waals surface area contributed by atoms with Crippen molar-refractivity contribution in [2.45, 2.75) is 18.7 Å². The molecule has 1 unspecified atom stereocenters. The summed E-state index contributed by atoms with van der Waals surface area (Å²) in [6.45, 7) is -0.905. The monoisotopic (exact) mass is 582 g/mol. The molecule has 0 aliphatic carbocycles. The van der Waals surface area contributed by atoms with Crippen LogP contribution in [0, 0.1) is 0 Å². The molecule has 1 aliphatic heterocycles. The summed E-state index contributed by atoms with van der Waals surface area (Å²) in [4.78, 5) is 32.9. The quantitative estimate of drug-likeness (QED) is 0.309. The number of aromatic amines is 1. The molecule has 1 saturated heterocycles.